The Kier molecular flexibility index (Phi) is 4.58. The molecule has 0 aliphatic carbocycles. The van der Waals surface area contributed by atoms with Crippen molar-refractivity contribution in [3.8, 4) is 17.4 Å². The highest BCUT2D eigenvalue weighted by atomic mass is 16.5. The Bertz CT molecular complexity index is 597. The average Bonchev–Trinajstić information content (AvgIpc) is 2.48. The molecule has 20 heavy (non-hydrogen) atoms. The number of methoxy groups -OCH3 is 1. The van der Waals surface area contributed by atoms with Crippen molar-refractivity contribution in [1.29, 1.82) is 0 Å². The lowest BCUT2D eigenvalue weighted by molar-refractivity contribution is 0.373. The van der Waals surface area contributed by atoms with Crippen molar-refractivity contribution in [2.45, 2.75) is 26.8 Å². The summed E-state index contributed by atoms with van der Waals surface area (Å²) in [5.41, 5.74) is 8.74. The monoisotopic (exact) mass is 272 g/mol. The molecule has 0 amide bonds. The Labute approximate surface area is 119 Å². The second-order valence-electron chi connectivity index (χ2n) is 4.54. The molecule has 2 aromatic rings. The van der Waals surface area contributed by atoms with Gasteiger partial charge in [0.2, 0.25) is 5.88 Å². The SMILES string of the molecule is CCc1ccc(Oc2ccc(CN)c(C)n2)c(OC)c1. The fourth-order valence-electron chi connectivity index (χ4n) is 1.97. The Balaban J connectivity index is 2.27. The number of hydrogen-bond donors (Lipinski definition) is 1. The lowest BCUT2D eigenvalue weighted by Crippen LogP contribution is -2.01. The second kappa shape index (κ2) is 6.39. The number of aryl methyl sites for hydroxylation is 2. The number of hydrogen-bond acceptors (Lipinski definition) is 4. The van der Waals surface area contributed by atoms with E-state index in [1.54, 1.807) is 7.11 Å². The highest BCUT2D eigenvalue weighted by Gasteiger charge is 2.08. The highest BCUT2D eigenvalue weighted by molar-refractivity contribution is 5.44. The van der Waals surface area contributed by atoms with E-state index < -0.39 is 0 Å². The summed E-state index contributed by atoms with van der Waals surface area (Å²) >= 11 is 0. The molecule has 0 saturated carbocycles. The number of aromatic nitrogens is 1. The van der Waals surface area contributed by atoms with Crippen molar-refractivity contribution < 1.29 is 9.47 Å². The molecular formula is C16H20N2O2. The van der Waals surface area contributed by atoms with Crippen LogP contribution in [0.2, 0.25) is 0 Å². The zero-order chi connectivity index (χ0) is 14.5. The molecule has 4 nitrogen and oxygen atoms in total. The number of pyridine rings is 1. The van der Waals surface area contributed by atoms with Gasteiger partial charge in [0.25, 0.3) is 0 Å². The topological polar surface area (TPSA) is 57.4 Å². The van der Waals surface area contributed by atoms with Crippen molar-refractivity contribution in [2.24, 2.45) is 5.73 Å². The van der Waals surface area contributed by atoms with Gasteiger partial charge in [0.15, 0.2) is 11.5 Å². The second-order valence-corrected chi connectivity index (χ2v) is 4.54. The van der Waals surface area contributed by atoms with E-state index in [0.29, 0.717) is 23.9 Å². The number of nitrogens with zero attached hydrogens (tertiary/aromatic N) is 1. The first kappa shape index (κ1) is 14.3. The summed E-state index contributed by atoms with van der Waals surface area (Å²) in [4.78, 5) is 4.40. The molecule has 4 heteroatoms. The van der Waals surface area contributed by atoms with Crippen molar-refractivity contribution in [2.75, 3.05) is 7.11 Å². The summed E-state index contributed by atoms with van der Waals surface area (Å²) in [5, 5.41) is 0. The van der Waals surface area contributed by atoms with Crippen molar-refractivity contribution >= 4 is 0 Å². The van der Waals surface area contributed by atoms with E-state index in [1.165, 1.54) is 5.56 Å². The van der Waals surface area contributed by atoms with E-state index in [2.05, 4.69) is 11.9 Å². The van der Waals surface area contributed by atoms with Crippen LogP contribution in [0.3, 0.4) is 0 Å². The van der Waals surface area contributed by atoms with Crippen molar-refractivity contribution in [3.05, 3.63) is 47.2 Å². The molecule has 0 bridgehead atoms. The molecule has 0 radical (unpaired) electrons. The smallest absolute Gasteiger partial charge is 0.219 e. The molecule has 106 valence electrons. The Morgan fingerprint density at radius 3 is 2.55 bits per heavy atom. The van der Waals surface area contributed by atoms with E-state index in [-0.39, 0.29) is 0 Å². The molecule has 0 fully saturated rings. The summed E-state index contributed by atoms with van der Waals surface area (Å²) in [6, 6.07) is 9.67. The molecule has 0 aliphatic heterocycles. The predicted molar refractivity (Wildman–Crippen MR) is 79.3 cm³/mol. The Hall–Kier alpha value is -2.07. The van der Waals surface area contributed by atoms with Crippen molar-refractivity contribution in [3.63, 3.8) is 0 Å². The lowest BCUT2D eigenvalue weighted by atomic mass is 10.1. The molecule has 0 saturated heterocycles. The molecule has 1 aromatic carbocycles. The summed E-state index contributed by atoms with van der Waals surface area (Å²) in [7, 11) is 1.64. The summed E-state index contributed by atoms with van der Waals surface area (Å²) in [5.74, 6) is 1.92. The Morgan fingerprint density at radius 2 is 1.95 bits per heavy atom. The first-order chi connectivity index (χ1) is 9.67. The van der Waals surface area contributed by atoms with Gasteiger partial charge in [0.05, 0.1) is 7.11 Å². The normalized spacial score (nSPS) is 10.4. The molecule has 2 N–H and O–H groups in total. The standard InChI is InChI=1S/C16H20N2O2/c1-4-12-5-7-14(15(9-12)19-3)20-16-8-6-13(10-17)11(2)18-16/h5-9H,4,10,17H2,1-3H3. The van der Waals surface area contributed by atoms with Gasteiger partial charge in [-0.1, -0.05) is 19.1 Å². The van der Waals surface area contributed by atoms with Crippen LogP contribution in [0.1, 0.15) is 23.7 Å². The number of rotatable bonds is 5. The molecule has 1 heterocycles. The van der Waals surface area contributed by atoms with Crippen molar-refractivity contribution in [1.82, 2.24) is 4.98 Å². The largest absolute Gasteiger partial charge is 0.493 e. The molecule has 0 unspecified atom stereocenters. The van der Waals surface area contributed by atoms with Crippen LogP contribution in [0, 0.1) is 6.92 Å². The first-order valence-electron chi connectivity index (χ1n) is 6.69. The summed E-state index contributed by atoms with van der Waals surface area (Å²) in [6.45, 7) is 4.51. The molecule has 0 atom stereocenters. The van der Waals surface area contributed by atoms with Gasteiger partial charge in [0.1, 0.15) is 0 Å². The van der Waals surface area contributed by atoms with Crippen LogP contribution in [0.15, 0.2) is 30.3 Å². The molecule has 0 spiro atoms. The quantitative estimate of drug-likeness (QED) is 0.908. The van der Waals surface area contributed by atoms with Crippen LogP contribution in [0.25, 0.3) is 0 Å². The van der Waals surface area contributed by atoms with Gasteiger partial charge >= 0.3 is 0 Å². The predicted octanol–water partition coefficient (Wildman–Crippen LogP) is 3.21. The van der Waals surface area contributed by atoms with E-state index in [0.717, 1.165) is 17.7 Å². The fraction of sp³-hybridized carbons (Fsp3) is 0.312. The zero-order valence-electron chi connectivity index (χ0n) is 12.1. The minimum absolute atomic E-state index is 0.480. The molecular weight excluding hydrogens is 252 g/mol. The maximum atomic E-state index is 5.80. The minimum atomic E-state index is 0.480. The van der Waals surface area contributed by atoms with Crippen LogP contribution in [0.4, 0.5) is 0 Å². The van der Waals surface area contributed by atoms with Crippen LogP contribution < -0.4 is 15.2 Å². The van der Waals surface area contributed by atoms with E-state index in [9.17, 15) is 0 Å². The van der Waals surface area contributed by atoms with Crippen LogP contribution >= 0.6 is 0 Å². The summed E-state index contributed by atoms with van der Waals surface area (Å²) in [6.07, 6.45) is 0.958. The zero-order valence-corrected chi connectivity index (χ0v) is 12.1. The van der Waals surface area contributed by atoms with Crippen LogP contribution in [-0.2, 0) is 13.0 Å². The third kappa shape index (κ3) is 3.08. The van der Waals surface area contributed by atoms with Crippen LogP contribution in [-0.4, -0.2) is 12.1 Å². The maximum Gasteiger partial charge on any atom is 0.219 e. The third-order valence-corrected chi connectivity index (χ3v) is 3.24. The number of ether oxygens (including phenoxy) is 2. The Morgan fingerprint density at radius 1 is 1.15 bits per heavy atom. The highest BCUT2D eigenvalue weighted by Crippen LogP contribution is 2.32. The lowest BCUT2D eigenvalue weighted by Gasteiger charge is -2.12. The molecule has 0 aliphatic rings. The average molecular weight is 272 g/mol. The van der Waals surface area contributed by atoms with Gasteiger partial charge in [-0.25, -0.2) is 4.98 Å². The van der Waals surface area contributed by atoms with Crippen LogP contribution in [0.5, 0.6) is 17.4 Å². The minimum Gasteiger partial charge on any atom is -0.493 e. The van der Waals surface area contributed by atoms with E-state index >= 15 is 0 Å². The fourth-order valence-corrected chi connectivity index (χ4v) is 1.97. The van der Waals surface area contributed by atoms with E-state index in [4.69, 9.17) is 15.2 Å². The molecule has 1 aromatic heterocycles. The van der Waals surface area contributed by atoms with Gasteiger partial charge in [-0.2, -0.15) is 0 Å². The van der Waals surface area contributed by atoms with Gasteiger partial charge in [-0.3, -0.25) is 0 Å². The summed E-state index contributed by atoms with van der Waals surface area (Å²) < 4.78 is 11.2. The maximum absolute atomic E-state index is 5.80. The van der Waals surface area contributed by atoms with E-state index in [1.807, 2.05) is 37.3 Å². The van der Waals surface area contributed by atoms with Gasteiger partial charge < -0.3 is 15.2 Å². The van der Waals surface area contributed by atoms with Gasteiger partial charge in [0, 0.05) is 18.3 Å². The van der Waals surface area contributed by atoms with Gasteiger partial charge in [-0.15, -0.1) is 0 Å². The first-order valence-corrected chi connectivity index (χ1v) is 6.69. The number of benzene rings is 1. The number of nitrogens with two attached hydrogens (primary N) is 1. The third-order valence-electron chi connectivity index (χ3n) is 3.24. The molecule has 2 rings (SSSR count). The van der Waals surface area contributed by atoms with Gasteiger partial charge in [-0.05, 0) is 36.6 Å².